The van der Waals surface area contributed by atoms with Gasteiger partial charge in [-0.2, -0.15) is 0 Å². The molecule has 4 nitrogen and oxygen atoms in total. The molecular formula is C18H17ClN2O2S2. The average Bonchev–Trinajstić information content (AvgIpc) is 2.96. The van der Waals surface area contributed by atoms with Crippen LogP contribution in [0.5, 0.6) is 5.75 Å². The molecule has 1 amide bonds. The SMILES string of the molecule is CCCCN(C(=O)Oc1ccc(Cl)cc1)c1ccc2[nH]c(=S)sc2c1. The second-order valence-corrected chi connectivity index (χ2v) is 7.68. The van der Waals surface area contributed by atoms with Crippen LogP contribution in [0.1, 0.15) is 19.8 Å². The van der Waals surface area contributed by atoms with E-state index in [0.717, 1.165) is 32.7 Å². The van der Waals surface area contributed by atoms with Crippen molar-refractivity contribution in [3.63, 3.8) is 0 Å². The van der Waals surface area contributed by atoms with E-state index in [2.05, 4.69) is 11.9 Å². The number of thiazole rings is 1. The predicted molar refractivity (Wildman–Crippen MR) is 107 cm³/mol. The van der Waals surface area contributed by atoms with Crippen LogP contribution in [0.2, 0.25) is 5.02 Å². The number of H-pyrrole nitrogens is 1. The standard InChI is InChI=1S/C18H17ClN2O2S2/c1-2-3-10-21(18(22)23-14-7-4-12(19)5-8-14)13-6-9-15-16(11-13)25-17(24)20-15/h4-9,11H,2-3,10H2,1H3,(H,20,24). The zero-order valence-electron chi connectivity index (χ0n) is 13.6. The summed E-state index contributed by atoms with van der Waals surface area (Å²) in [6.45, 7) is 2.67. The van der Waals surface area contributed by atoms with Crippen LogP contribution in [-0.4, -0.2) is 17.6 Å². The van der Waals surface area contributed by atoms with Crippen molar-refractivity contribution >= 4 is 57.2 Å². The third-order valence-corrected chi connectivity index (χ3v) is 5.14. The molecule has 0 radical (unpaired) electrons. The third kappa shape index (κ3) is 4.39. The van der Waals surface area contributed by atoms with E-state index in [9.17, 15) is 4.79 Å². The van der Waals surface area contributed by atoms with Crippen LogP contribution in [0.15, 0.2) is 42.5 Å². The maximum Gasteiger partial charge on any atom is 0.419 e. The summed E-state index contributed by atoms with van der Waals surface area (Å²) < 4.78 is 7.24. The van der Waals surface area contributed by atoms with Crippen LogP contribution in [0.25, 0.3) is 10.2 Å². The van der Waals surface area contributed by atoms with Crippen LogP contribution in [0.3, 0.4) is 0 Å². The van der Waals surface area contributed by atoms with Gasteiger partial charge >= 0.3 is 6.09 Å². The lowest BCUT2D eigenvalue weighted by molar-refractivity contribution is 0.207. The first-order valence-corrected chi connectivity index (χ1v) is 9.55. The normalized spacial score (nSPS) is 10.8. The van der Waals surface area contributed by atoms with Crippen molar-refractivity contribution in [3.8, 4) is 5.75 Å². The lowest BCUT2D eigenvalue weighted by atomic mass is 10.2. The monoisotopic (exact) mass is 392 g/mol. The summed E-state index contributed by atoms with van der Waals surface area (Å²) in [4.78, 5) is 17.5. The molecule has 0 fully saturated rings. The number of amides is 1. The number of halogens is 1. The van der Waals surface area contributed by atoms with Gasteiger partial charge in [-0.1, -0.05) is 24.9 Å². The highest BCUT2D eigenvalue weighted by Gasteiger charge is 2.18. The highest BCUT2D eigenvalue weighted by molar-refractivity contribution is 7.73. The molecule has 3 aromatic rings. The topological polar surface area (TPSA) is 45.3 Å². The molecule has 0 aliphatic carbocycles. The zero-order valence-corrected chi connectivity index (χ0v) is 16.0. The smallest absolute Gasteiger partial charge is 0.410 e. The molecule has 1 N–H and O–H groups in total. The molecular weight excluding hydrogens is 376 g/mol. The number of aromatic amines is 1. The van der Waals surface area contributed by atoms with Gasteiger partial charge in [0.1, 0.15) is 5.75 Å². The fourth-order valence-corrected chi connectivity index (χ4v) is 3.68. The molecule has 130 valence electrons. The highest BCUT2D eigenvalue weighted by Crippen LogP contribution is 2.27. The quantitative estimate of drug-likeness (QED) is 0.509. The van der Waals surface area contributed by atoms with Crippen LogP contribution in [0.4, 0.5) is 10.5 Å². The van der Waals surface area contributed by atoms with Crippen molar-refractivity contribution in [2.24, 2.45) is 0 Å². The van der Waals surface area contributed by atoms with Crippen molar-refractivity contribution < 1.29 is 9.53 Å². The minimum atomic E-state index is -0.408. The Morgan fingerprint density at radius 3 is 2.76 bits per heavy atom. The van der Waals surface area contributed by atoms with Gasteiger partial charge in [0.05, 0.1) is 10.2 Å². The second-order valence-electron chi connectivity index (χ2n) is 5.52. The van der Waals surface area contributed by atoms with Gasteiger partial charge in [0.25, 0.3) is 0 Å². The Hall–Kier alpha value is -1.89. The van der Waals surface area contributed by atoms with Gasteiger partial charge in [-0.15, -0.1) is 11.3 Å². The lowest BCUT2D eigenvalue weighted by Crippen LogP contribution is -2.34. The molecule has 0 bridgehead atoms. The maximum absolute atomic E-state index is 12.7. The molecule has 0 atom stereocenters. The predicted octanol–water partition coefficient (Wildman–Crippen LogP) is 6.42. The Kier molecular flexibility index (Phi) is 5.73. The van der Waals surface area contributed by atoms with Crippen LogP contribution in [-0.2, 0) is 0 Å². The van der Waals surface area contributed by atoms with Gasteiger partial charge in [-0.3, -0.25) is 4.90 Å². The number of ether oxygens (including phenoxy) is 1. The minimum Gasteiger partial charge on any atom is -0.410 e. The first-order valence-electron chi connectivity index (χ1n) is 7.94. The maximum atomic E-state index is 12.7. The molecule has 0 spiro atoms. The summed E-state index contributed by atoms with van der Waals surface area (Å²) in [6, 6.07) is 12.5. The minimum absolute atomic E-state index is 0.408. The van der Waals surface area contributed by atoms with Crippen LogP contribution >= 0.6 is 35.2 Å². The van der Waals surface area contributed by atoms with Crippen molar-refractivity contribution in [2.45, 2.75) is 19.8 Å². The van der Waals surface area contributed by atoms with E-state index < -0.39 is 6.09 Å². The molecule has 0 saturated heterocycles. The van der Waals surface area contributed by atoms with Gasteiger partial charge in [-0.25, -0.2) is 4.79 Å². The average molecular weight is 393 g/mol. The summed E-state index contributed by atoms with van der Waals surface area (Å²) in [5.41, 5.74) is 1.77. The summed E-state index contributed by atoms with van der Waals surface area (Å²) in [7, 11) is 0. The molecule has 0 aliphatic heterocycles. The fraction of sp³-hybridized carbons (Fsp3) is 0.222. The van der Waals surface area contributed by atoms with E-state index >= 15 is 0 Å². The Morgan fingerprint density at radius 2 is 2.04 bits per heavy atom. The van der Waals surface area contributed by atoms with Crippen molar-refractivity contribution in [2.75, 3.05) is 11.4 Å². The number of carbonyl (C=O) groups is 1. The number of nitrogens with one attached hydrogen (secondary N) is 1. The van der Waals surface area contributed by atoms with Crippen molar-refractivity contribution in [3.05, 3.63) is 51.4 Å². The molecule has 0 saturated carbocycles. The number of unbranched alkanes of at least 4 members (excludes halogenated alkanes) is 1. The number of carbonyl (C=O) groups excluding carboxylic acids is 1. The van der Waals surface area contributed by atoms with E-state index in [1.807, 2.05) is 18.2 Å². The first kappa shape index (κ1) is 17.9. The van der Waals surface area contributed by atoms with Gasteiger partial charge in [0, 0.05) is 17.3 Å². The number of benzene rings is 2. The summed E-state index contributed by atoms with van der Waals surface area (Å²) >= 11 is 12.5. The zero-order chi connectivity index (χ0) is 17.8. The molecule has 1 aromatic heterocycles. The Labute approximate surface area is 160 Å². The number of rotatable bonds is 5. The summed E-state index contributed by atoms with van der Waals surface area (Å²) in [5.74, 6) is 0.467. The van der Waals surface area contributed by atoms with E-state index in [4.69, 9.17) is 28.6 Å². The van der Waals surface area contributed by atoms with E-state index in [1.54, 1.807) is 29.2 Å². The van der Waals surface area contributed by atoms with Crippen molar-refractivity contribution in [1.82, 2.24) is 4.98 Å². The first-order chi connectivity index (χ1) is 12.1. The molecule has 3 rings (SSSR count). The van der Waals surface area contributed by atoms with Gasteiger partial charge in [0.2, 0.25) is 0 Å². The molecule has 0 unspecified atom stereocenters. The number of nitrogens with zero attached hydrogens (tertiary/aromatic N) is 1. The Bertz CT molecular complexity index is 934. The number of hydrogen-bond acceptors (Lipinski definition) is 4. The molecule has 7 heteroatoms. The number of aromatic nitrogens is 1. The molecule has 1 heterocycles. The van der Waals surface area contributed by atoms with Gasteiger partial charge in [-0.05, 0) is 61.1 Å². The van der Waals surface area contributed by atoms with Crippen LogP contribution < -0.4 is 9.64 Å². The highest BCUT2D eigenvalue weighted by atomic mass is 35.5. The van der Waals surface area contributed by atoms with E-state index in [1.165, 1.54) is 11.3 Å². The van der Waals surface area contributed by atoms with Crippen molar-refractivity contribution in [1.29, 1.82) is 0 Å². The summed E-state index contributed by atoms with van der Waals surface area (Å²) in [6.07, 6.45) is 1.46. The Balaban J connectivity index is 1.87. The molecule has 0 aliphatic rings. The van der Waals surface area contributed by atoms with Gasteiger partial charge < -0.3 is 9.72 Å². The van der Waals surface area contributed by atoms with E-state index in [-0.39, 0.29) is 0 Å². The number of anilines is 1. The second kappa shape index (κ2) is 7.99. The number of hydrogen-bond donors (Lipinski definition) is 1. The molecule has 2 aromatic carbocycles. The lowest BCUT2D eigenvalue weighted by Gasteiger charge is -2.22. The largest absolute Gasteiger partial charge is 0.419 e. The van der Waals surface area contributed by atoms with Gasteiger partial charge in [0.15, 0.2) is 3.95 Å². The third-order valence-electron chi connectivity index (χ3n) is 3.69. The Morgan fingerprint density at radius 1 is 1.28 bits per heavy atom. The number of fused-ring (bicyclic) bond motifs is 1. The summed E-state index contributed by atoms with van der Waals surface area (Å²) in [5, 5.41) is 0.599. The van der Waals surface area contributed by atoms with E-state index in [0.29, 0.717) is 17.3 Å². The fourth-order valence-electron chi connectivity index (χ4n) is 2.40. The molecule has 25 heavy (non-hydrogen) atoms. The van der Waals surface area contributed by atoms with Crippen LogP contribution in [0, 0.1) is 3.95 Å².